The minimum Gasteiger partial charge on any atom is -0.497 e. The number of ether oxygens (including phenoxy) is 2. The van der Waals surface area contributed by atoms with Crippen molar-refractivity contribution in [1.29, 1.82) is 0 Å². The fraction of sp³-hybridized carbons (Fsp3) is 0.222. The van der Waals surface area contributed by atoms with E-state index in [1.807, 2.05) is 0 Å². The van der Waals surface area contributed by atoms with Gasteiger partial charge >= 0.3 is 0 Å². The Hall–Kier alpha value is -2.73. The largest absolute Gasteiger partial charge is 0.497 e. The maximum Gasteiger partial charge on any atom is 0.251 e. The molecule has 0 saturated heterocycles. The van der Waals surface area contributed by atoms with Gasteiger partial charge in [-0.2, -0.15) is 0 Å². The molecule has 0 aliphatic rings. The van der Waals surface area contributed by atoms with Crippen molar-refractivity contribution in [2.24, 2.45) is 0 Å². The fourth-order valence-corrected chi connectivity index (χ4v) is 2.22. The molecule has 1 atom stereocenters. The van der Waals surface area contributed by atoms with Crippen LogP contribution in [0.1, 0.15) is 17.3 Å². The highest BCUT2D eigenvalue weighted by atomic mass is 35.5. The first kappa shape index (κ1) is 18.6. The van der Waals surface area contributed by atoms with Crippen LogP contribution in [-0.4, -0.2) is 32.1 Å². The fourth-order valence-electron chi connectivity index (χ4n) is 2.09. The molecule has 0 radical (unpaired) electrons. The number of anilines is 1. The third-order valence-corrected chi connectivity index (χ3v) is 3.77. The van der Waals surface area contributed by atoms with Crippen molar-refractivity contribution >= 4 is 29.1 Å². The molecule has 2 N–H and O–H groups in total. The number of carbonyl (C=O) groups excluding carboxylic acids is 2. The Morgan fingerprint density at radius 2 is 1.72 bits per heavy atom. The van der Waals surface area contributed by atoms with E-state index in [-0.39, 0.29) is 11.8 Å². The van der Waals surface area contributed by atoms with Crippen LogP contribution in [0.4, 0.5) is 5.69 Å². The first-order chi connectivity index (χ1) is 11.9. The Labute approximate surface area is 151 Å². The first-order valence-corrected chi connectivity index (χ1v) is 7.91. The average molecular weight is 363 g/mol. The summed E-state index contributed by atoms with van der Waals surface area (Å²) in [5.74, 6) is 0.342. The van der Waals surface area contributed by atoms with Crippen molar-refractivity contribution in [3.63, 3.8) is 0 Å². The highest BCUT2D eigenvalue weighted by Gasteiger charge is 2.18. The second-order valence-electron chi connectivity index (χ2n) is 5.26. The summed E-state index contributed by atoms with van der Waals surface area (Å²) in [6, 6.07) is 10.7. The Kier molecular flexibility index (Phi) is 6.25. The Morgan fingerprint density at radius 3 is 2.32 bits per heavy atom. The van der Waals surface area contributed by atoms with Crippen molar-refractivity contribution in [3.05, 3.63) is 53.1 Å². The number of methoxy groups -OCH3 is 2. The molecule has 2 rings (SSSR count). The van der Waals surface area contributed by atoms with Crippen LogP contribution >= 0.6 is 11.6 Å². The smallest absolute Gasteiger partial charge is 0.251 e. The number of amides is 2. The molecule has 1 unspecified atom stereocenters. The standard InChI is InChI=1S/C18H19ClN2O4/c1-11(20-18(23)12-4-6-13(19)7-5-12)17(22)21-15-9-8-14(24-2)10-16(15)25-3/h4-11H,1-3H3,(H,20,23)(H,21,22). The summed E-state index contributed by atoms with van der Waals surface area (Å²) in [6.07, 6.45) is 0. The number of halogens is 1. The zero-order valence-corrected chi connectivity index (χ0v) is 14.9. The van der Waals surface area contributed by atoms with E-state index in [2.05, 4.69) is 10.6 Å². The molecular weight excluding hydrogens is 344 g/mol. The van der Waals surface area contributed by atoms with Gasteiger partial charge in [-0.3, -0.25) is 9.59 Å². The Morgan fingerprint density at radius 1 is 1.04 bits per heavy atom. The SMILES string of the molecule is COc1ccc(NC(=O)C(C)NC(=O)c2ccc(Cl)cc2)c(OC)c1. The molecule has 0 fully saturated rings. The van der Waals surface area contributed by atoms with Gasteiger partial charge in [0.05, 0.1) is 19.9 Å². The number of carbonyl (C=O) groups is 2. The lowest BCUT2D eigenvalue weighted by atomic mass is 10.2. The van der Waals surface area contributed by atoms with Gasteiger partial charge in [-0.05, 0) is 43.3 Å². The number of rotatable bonds is 6. The normalized spacial score (nSPS) is 11.4. The third-order valence-electron chi connectivity index (χ3n) is 3.51. The van der Waals surface area contributed by atoms with Gasteiger partial charge in [0.25, 0.3) is 5.91 Å². The van der Waals surface area contributed by atoms with Crippen LogP contribution in [0.25, 0.3) is 0 Å². The summed E-state index contributed by atoms with van der Waals surface area (Å²) in [7, 11) is 3.04. The molecule has 0 aromatic heterocycles. The quantitative estimate of drug-likeness (QED) is 0.827. The molecule has 0 aliphatic heterocycles. The molecule has 7 heteroatoms. The molecule has 2 aromatic rings. The number of hydrogen-bond acceptors (Lipinski definition) is 4. The number of nitrogens with one attached hydrogen (secondary N) is 2. The average Bonchev–Trinajstić information content (AvgIpc) is 2.62. The number of hydrogen-bond donors (Lipinski definition) is 2. The van der Waals surface area contributed by atoms with Gasteiger partial charge in [0, 0.05) is 16.7 Å². The minimum atomic E-state index is -0.741. The summed E-state index contributed by atoms with van der Waals surface area (Å²) in [6.45, 7) is 1.60. The topological polar surface area (TPSA) is 76.7 Å². The zero-order valence-electron chi connectivity index (χ0n) is 14.1. The predicted molar refractivity (Wildman–Crippen MR) is 96.6 cm³/mol. The Bertz CT molecular complexity index is 762. The van der Waals surface area contributed by atoms with Crippen molar-refractivity contribution < 1.29 is 19.1 Å². The molecule has 0 saturated carbocycles. The molecule has 25 heavy (non-hydrogen) atoms. The predicted octanol–water partition coefficient (Wildman–Crippen LogP) is 3.11. The van der Waals surface area contributed by atoms with E-state index in [4.69, 9.17) is 21.1 Å². The van der Waals surface area contributed by atoms with Gasteiger partial charge in [0.1, 0.15) is 17.5 Å². The van der Waals surface area contributed by atoms with Gasteiger partial charge in [0.15, 0.2) is 0 Å². The minimum absolute atomic E-state index is 0.360. The first-order valence-electron chi connectivity index (χ1n) is 7.54. The summed E-state index contributed by atoms with van der Waals surface area (Å²) < 4.78 is 10.4. The van der Waals surface area contributed by atoms with E-state index < -0.39 is 6.04 Å². The number of benzene rings is 2. The van der Waals surface area contributed by atoms with Crippen LogP contribution in [0.2, 0.25) is 5.02 Å². The lowest BCUT2D eigenvalue weighted by molar-refractivity contribution is -0.117. The van der Waals surface area contributed by atoms with Crippen molar-refractivity contribution in [2.75, 3.05) is 19.5 Å². The molecule has 2 amide bonds. The van der Waals surface area contributed by atoms with E-state index in [0.717, 1.165) is 0 Å². The van der Waals surface area contributed by atoms with Crippen LogP contribution in [0.3, 0.4) is 0 Å². The lowest BCUT2D eigenvalue weighted by Gasteiger charge is -2.16. The van der Waals surface area contributed by atoms with Gasteiger partial charge in [-0.1, -0.05) is 11.6 Å². The van der Waals surface area contributed by atoms with E-state index >= 15 is 0 Å². The van der Waals surface area contributed by atoms with Crippen LogP contribution < -0.4 is 20.1 Å². The van der Waals surface area contributed by atoms with Gasteiger partial charge in [0.2, 0.25) is 5.91 Å². The maximum absolute atomic E-state index is 12.3. The van der Waals surface area contributed by atoms with Crippen molar-refractivity contribution in [3.8, 4) is 11.5 Å². The third kappa shape index (κ3) is 4.87. The van der Waals surface area contributed by atoms with E-state index in [0.29, 0.717) is 27.8 Å². The molecule has 0 heterocycles. The molecule has 0 aliphatic carbocycles. The van der Waals surface area contributed by atoms with Gasteiger partial charge in [-0.15, -0.1) is 0 Å². The van der Waals surface area contributed by atoms with Crippen LogP contribution in [0, 0.1) is 0 Å². The highest BCUT2D eigenvalue weighted by molar-refractivity contribution is 6.30. The van der Waals surface area contributed by atoms with Crippen LogP contribution in [0.5, 0.6) is 11.5 Å². The zero-order chi connectivity index (χ0) is 18.4. The van der Waals surface area contributed by atoms with E-state index in [1.165, 1.54) is 7.11 Å². The molecule has 132 valence electrons. The van der Waals surface area contributed by atoms with Crippen LogP contribution in [-0.2, 0) is 4.79 Å². The van der Waals surface area contributed by atoms with Crippen molar-refractivity contribution in [1.82, 2.24) is 5.32 Å². The molecule has 0 spiro atoms. The van der Waals surface area contributed by atoms with Crippen LogP contribution in [0.15, 0.2) is 42.5 Å². The second-order valence-corrected chi connectivity index (χ2v) is 5.69. The maximum atomic E-state index is 12.3. The molecule has 2 aromatic carbocycles. The molecular formula is C18H19ClN2O4. The van der Waals surface area contributed by atoms with Crippen molar-refractivity contribution in [2.45, 2.75) is 13.0 Å². The molecule has 0 bridgehead atoms. The van der Waals surface area contributed by atoms with E-state index in [1.54, 1.807) is 56.5 Å². The van der Waals surface area contributed by atoms with Gasteiger partial charge in [-0.25, -0.2) is 0 Å². The van der Waals surface area contributed by atoms with E-state index in [9.17, 15) is 9.59 Å². The second kappa shape index (κ2) is 8.39. The summed E-state index contributed by atoms with van der Waals surface area (Å²) in [4.78, 5) is 24.5. The summed E-state index contributed by atoms with van der Waals surface area (Å²) in [5.41, 5.74) is 0.909. The highest BCUT2D eigenvalue weighted by Crippen LogP contribution is 2.29. The summed E-state index contributed by atoms with van der Waals surface area (Å²) >= 11 is 5.80. The lowest BCUT2D eigenvalue weighted by Crippen LogP contribution is -2.41. The Balaban J connectivity index is 2.02. The van der Waals surface area contributed by atoms with Gasteiger partial charge < -0.3 is 20.1 Å². The molecule has 6 nitrogen and oxygen atoms in total. The monoisotopic (exact) mass is 362 g/mol. The summed E-state index contributed by atoms with van der Waals surface area (Å²) in [5, 5.41) is 5.90.